The number of rotatable bonds is 11. The third-order valence-corrected chi connectivity index (χ3v) is 3.45. The van der Waals surface area contributed by atoms with Crippen molar-refractivity contribution in [3.8, 4) is 0 Å². The van der Waals surface area contributed by atoms with Crippen molar-refractivity contribution in [1.29, 1.82) is 0 Å². The van der Waals surface area contributed by atoms with Gasteiger partial charge in [0.25, 0.3) is 0 Å². The number of unbranched alkanes of at least 4 members (excludes halogenated alkanes) is 2. The second kappa shape index (κ2) is 11.7. The molecule has 4 N–H and O–H groups in total. The molecule has 0 aliphatic carbocycles. The van der Waals surface area contributed by atoms with E-state index in [1.165, 1.54) is 0 Å². The number of hydrogen-bond acceptors (Lipinski definition) is 3. The quantitative estimate of drug-likeness (QED) is 0.502. The number of nitrogens with one attached hydrogen (secondary N) is 2. The Bertz CT molecular complexity index is 282. The van der Waals surface area contributed by atoms with Gasteiger partial charge >= 0.3 is 0 Å². The summed E-state index contributed by atoms with van der Waals surface area (Å²) in [4.78, 5) is 23.5. The van der Waals surface area contributed by atoms with E-state index in [1.54, 1.807) is 0 Å². The first-order valence-electron chi connectivity index (χ1n) is 7.78. The van der Waals surface area contributed by atoms with Crippen molar-refractivity contribution in [1.82, 2.24) is 10.6 Å². The average molecular weight is 285 g/mol. The molecule has 0 unspecified atom stereocenters. The zero-order valence-corrected chi connectivity index (χ0v) is 13.2. The van der Waals surface area contributed by atoms with E-state index in [1.807, 2.05) is 13.8 Å². The first-order valence-corrected chi connectivity index (χ1v) is 7.78. The summed E-state index contributed by atoms with van der Waals surface area (Å²) in [5.41, 5.74) is 5.34. The molecule has 0 aliphatic heterocycles. The van der Waals surface area contributed by atoms with E-state index in [-0.39, 0.29) is 23.7 Å². The lowest BCUT2D eigenvalue weighted by atomic mass is 9.97. The Labute approximate surface area is 123 Å². The maximum absolute atomic E-state index is 11.8. The van der Waals surface area contributed by atoms with Gasteiger partial charge in [0.05, 0.1) is 0 Å². The van der Waals surface area contributed by atoms with Gasteiger partial charge in [-0.25, -0.2) is 0 Å². The first-order chi connectivity index (χ1) is 9.52. The van der Waals surface area contributed by atoms with Crippen molar-refractivity contribution in [3.05, 3.63) is 0 Å². The average Bonchev–Trinajstić information content (AvgIpc) is 2.45. The highest BCUT2D eigenvalue weighted by Crippen LogP contribution is 2.12. The molecule has 0 aromatic heterocycles. The lowest BCUT2D eigenvalue weighted by Crippen LogP contribution is -2.34. The van der Waals surface area contributed by atoms with Gasteiger partial charge in [0.15, 0.2) is 0 Å². The molecule has 5 nitrogen and oxygen atoms in total. The van der Waals surface area contributed by atoms with Crippen LogP contribution >= 0.6 is 0 Å². The normalized spacial score (nSPS) is 13.6. The number of carbonyl (C=O) groups is 2. The maximum atomic E-state index is 11.8. The van der Waals surface area contributed by atoms with Gasteiger partial charge in [-0.05, 0) is 19.3 Å². The van der Waals surface area contributed by atoms with Crippen LogP contribution in [0.1, 0.15) is 52.9 Å². The van der Waals surface area contributed by atoms with Crippen molar-refractivity contribution in [2.75, 3.05) is 19.6 Å². The number of hydrogen-bond donors (Lipinski definition) is 3. The SMILES string of the molecule is CCCCCNC(=O)[C@@H](C)CC[C@H](C)C(=O)NCCN. The number of nitrogens with two attached hydrogens (primary N) is 1. The Morgan fingerprint density at radius 3 is 1.90 bits per heavy atom. The highest BCUT2D eigenvalue weighted by Gasteiger charge is 2.17. The maximum Gasteiger partial charge on any atom is 0.222 e. The van der Waals surface area contributed by atoms with Crippen LogP contribution in [0.25, 0.3) is 0 Å². The monoisotopic (exact) mass is 285 g/mol. The molecule has 0 aromatic carbocycles. The molecule has 5 heteroatoms. The van der Waals surface area contributed by atoms with Crippen LogP contribution in [-0.2, 0) is 9.59 Å². The Balaban J connectivity index is 3.81. The molecule has 0 aromatic rings. The van der Waals surface area contributed by atoms with Gasteiger partial charge in [0, 0.05) is 31.5 Å². The molecule has 0 heterocycles. The predicted molar refractivity (Wildman–Crippen MR) is 82.2 cm³/mol. The molecule has 118 valence electrons. The topological polar surface area (TPSA) is 84.2 Å². The highest BCUT2D eigenvalue weighted by atomic mass is 16.2. The molecule has 0 bridgehead atoms. The van der Waals surface area contributed by atoms with Crippen LogP contribution in [0.15, 0.2) is 0 Å². The van der Waals surface area contributed by atoms with Gasteiger partial charge in [-0.2, -0.15) is 0 Å². The van der Waals surface area contributed by atoms with Gasteiger partial charge in [0.2, 0.25) is 11.8 Å². The second-order valence-electron chi connectivity index (χ2n) is 5.46. The lowest BCUT2D eigenvalue weighted by molar-refractivity contribution is -0.127. The minimum absolute atomic E-state index is 0.0194. The fourth-order valence-electron chi connectivity index (χ4n) is 1.89. The molecule has 20 heavy (non-hydrogen) atoms. The molecular weight excluding hydrogens is 254 g/mol. The largest absolute Gasteiger partial charge is 0.356 e. The van der Waals surface area contributed by atoms with Gasteiger partial charge in [-0.3, -0.25) is 9.59 Å². The predicted octanol–water partition coefficient (Wildman–Crippen LogP) is 1.42. The third kappa shape index (κ3) is 8.91. The summed E-state index contributed by atoms with van der Waals surface area (Å²) < 4.78 is 0. The van der Waals surface area contributed by atoms with Crippen LogP contribution in [0.5, 0.6) is 0 Å². The van der Waals surface area contributed by atoms with Crippen molar-refractivity contribution in [2.24, 2.45) is 17.6 Å². The Morgan fingerprint density at radius 2 is 1.45 bits per heavy atom. The van der Waals surface area contributed by atoms with Crippen LogP contribution in [0, 0.1) is 11.8 Å². The second-order valence-corrected chi connectivity index (χ2v) is 5.46. The zero-order chi connectivity index (χ0) is 15.4. The number of carbonyl (C=O) groups excluding carboxylic acids is 2. The standard InChI is InChI=1S/C15H31N3O2/c1-4-5-6-10-17-14(19)12(2)7-8-13(3)15(20)18-11-9-16/h12-13H,4-11,16H2,1-3H3,(H,17,19)(H,18,20)/t12-,13-/m0/s1. The highest BCUT2D eigenvalue weighted by molar-refractivity contribution is 5.79. The van der Waals surface area contributed by atoms with Crippen LogP contribution in [0.4, 0.5) is 0 Å². The Kier molecular flexibility index (Phi) is 11.1. The smallest absolute Gasteiger partial charge is 0.222 e. The van der Waals surface area contributed by atoms with Gasteiger partial charge in [0.1, 0.15) is 0 Å². The van der Waals surface area contributed by atoms with E-state index in [4.69, 9.17) is 5.73 Å². The van der Waals surface area contributed by atoms with E-state index < -0.39 is 0 Å². The summed E-state index contributed by atoms with van der Waals surface area (Å²) in [6.07, 6.45) is 4.79. The summed E-state index contributed by atoms with van der Waals surface area (Å²) >= 11 is 0. The Morgan fingerprint density at radius 1 is 0.950 bits per heavy atom. The third-order valence-electron chi connectivity index (χ3n) is 3.45. The first kappa shape index (κ1) is 18.9. The van der Waals surface area contributed by atoms with Gasteiger partial charge in [-0.15, -0.1) is 0 Å². The summed E-state index contributed by atoms with van der Waals surface area (Å²) in [7, 11) is 0. The van der Waals surface area contributed by atoms with Crippen molar-refractivity contribution in [3.63, 3.8) is 0 Å². The molecule has 0 spiro atoms. The van der Waals surface area contributed by atoms with E-state index in [2.05, 4.69) is 17.6 Å². The molecule has 0 rings (SSSR count). The van der Waals surface area contributed by atoms with Gasteiger partial charge in [-0.1, -0.05) is 33.6 Å². The van der Waals surface area contributed by atoms with Crippen molar-refractivity contribution >= 4 is 11.8 Å². The molecule has 2 atom stereocenters. The number of amides is 2. The van der Waals surface area contributed by atoms with E-state index >= 15 is 0 Å². The molecule has 0 aliphatic rings. The Hall–Kier alpha value is -1.10. The van der Waals surface area contributed by atoms with E-state index in [9.17, 15) is 9.59 Å². The molecule has 0 saturated carbocycles. The molecular formula is C15H31N3O2. The minimum atomic E-state index is -0.0723. The van der Waals surface area contributed by atoms with Crippen molar-refractivity contribution < 1.29 is 9.59 Å². The summed E-state index contributed by atoms with van der Waals surface area (Å²) in [5.74, 6) is -0.0000465. The van der Waals surface area contributed by atoms with Crippen LogP contribution in [-0.4, -0.2) is 31.4 Å². The summed E-state index contributed by atoms with van der Waals surface area (Å²) in [6, 6.07) is 0. The fraction of sp³-hybridized carbons (Fsp3) is 0.867. The molecule has 0 saturated heterocycles. The van der Waals surface area contributed by atoms with Gasteiger partial charge < -0.3 is 16.4 Å². The lowest BCUT2D eigenvalue weighted by Gasteiger charge is -2.15. The summed E-state index contributed by atoms with van der Waals surface area (Å²) in [6.45, 7) is 7.66. The van der Waals surface area contributed by atoms with Crippen LogP contribution < -0.4 is 16.4 Å². The van der Waals surface area contributed by atoms with E-state index in [0.29, 0.717) is 13.1 Å². The zero-order valence-electron chi connectivity index (χ0n) is 13.2. The van der Waals surface area contributed by atoms with Crippen LogP contribution in [0.3, 0.4) is 0 Å². The van der Waals surface area contributed by atoms with Crippen molar-refractivity contribution in [2.45, 2.75) is 52.9 Å². The fourth-order valence-corrected chi connectivity index (χ4v) is 1.89. The summed E-state index contributed by atoms with van der Waals surface area (Å²) in [5, 5.41) is 5.72. The van der Waals surface area contributed by atoms with Crippen LogP contribution in [0.2, 0.25) is 0 Å². The van der Waals surface area contributed by atoms with E-state index in [0.717, 1.165) is 38.6 Å². The molecule has 0 radical (unpaired) electrons. The minimum Gasteiger partial charge on any atom is -0.356 e. The molecule has 2 amide bonds. The molecule has 0 fully saturated rings.